The zero-order valence-electron chi connectivity index (χ0n) is 10.3. The SMILES string of the molecule is CCNC(=O)NC(=O)C(C)Sc1ccc(N)cn1. The molecule has 0 aliphatic heterocycles. The highest BCUT2D eigenvalue weighted by Crippen LogP contribution is 2.21. The molecular weight excluding hydrogens is 252 g/mol. The van der Waals surface area contributed by atoms with Gasteiger partial charge in [-0.3, -0.25) is 10.1 Å². The Bertz CT molecular complexity index is 422. The number of imide groups is 1. The molecule has 0 fully saturated rings. The molecule has 0 saturated carbocycles. The van der Waals surface area contributed by atoms with E-state index in [1.54, 1.807) is 26.0 Å². The highest BCUT2D eigenvalue weighted by molar-refractivity contribution is 8.00. The summed E-state index contributed by atoms with van der Waals surface area (Å²) in [5.41, 5.74) is 6.08. The fourth-order valence-electron chi connectivity index (χ4n) is 1.11. The Balaban J connectivity index is 2.49. The number of nitrogens with zero attached hydrogens (tertiary/aromatic N) is 1. The predicted octanol–water partition coefficient (Wildman–Crippen LogP) is 0.990. The predicted molar refractivity (Wildman–Crippen MR) is 71.2 cm³/mol. The van der Waals surface area contributed by atoms with Gasteiger partial charge in [-0.2, -0.15) is 0 Å². The molecule has 18 heavy (non-hydrogen) atoms. The van der Waals surface area contributed by atoms with Crippen molar-refractivity contribution in [3.05, 3.63) is 18.3 Å². The molecule has 1 rings (SSSR count). The molecule has 7 heteroatoms. The molecular formula is C11H16N4O2S. The number of carbonyl (C=O) groups excluding carboxylic acids is 2. The van der Waals surface area contributed by atoms with Crippen molar-refractivity contribution < 1.29 is 9.59 Å². The Hall–Kier alpha value is -1.76. The maximum Gasteiger partial charge on any atom is 0.321 e. The maximum absolute atomic E-state index is 11.7. The van der Waals surface area contributed by atoms with Crippen LogP contribution in [0.5, 0.6) is 0 Å². The van der Waals surface area contributed by atoms with Gasteiger partial charge in [0.05, 0.1) is 22.2 Å². The number of thioether (sulfide) groups is 1. The van der Waals surface area contributed by atoms with Gasteiger partial charge in [0.1, 0.15) is 0 Å². The number of hydrogen-bond acceptors (Lipinski definition) is 5. The number of hydrogen-bond donors (Lipinski definition) is 3. The van der Waals surface area contributed by atoms with Crippen molar-refractivity contribution in [3.8, 4) is 0 Å². The Kier molecular flexibility index (Phi) is 5.44. The summed E-state index contributed by atoms with van der Waals surface area (Å²) in [5, 5.41) is 5.01. The van der Waals surface area contributed by atoms with Gasteiger partial charge < -0.3 is 11.1 Å². The Labute approximate surface area is 110 Å². The standard InChI is InChI=1S/C11H16N4O2S/c1-3-13-11(17)15-10(16)7(2)18-9-5-4-8(12)6-14-9/h4-7H,3,12H2,1-2H3,(H2,13,15,16,17). The first-order chi connectivity index (χ1) is 8.52. The van der Waals surface area contributed by atoms with Gasteiger partial charge in [-0.25, -0.2) is 9.78 Å². The fraction of sp³-hybridized carbons (Fsp3) is 0.364. The Morgan fingerprint density at radius 3 is 2.78 bits per heavy atom. The number of nitrogen functional groups attached to an aromatic ring is 1. The van der Waals surface area contributed by atoms with Crippen molar-refractivity contribution in [2.24, 2.45) is 0 Å². The number of aromatic nitrogens is 1. The third-order valence-electron chi connectivity index (χ3n) is 2.00. The summed E-state index contributed by atoms with van der Waals surface area (Å²) in [6.07, 6.45) is 1.52. The zero-order chi connectivity index (χ0) is 13.5. The molecule has 0 bridgehead atoms. The lowest BCUT2D eigenvalue weighted by Gasteiger charge is -2.10. The van der Waals surface area contributed by atoms with E-state index < -0.39 is 11.3 Å². The van der Waals surface area contributed by atoms with Crippen LogP contribution < -0.4 is 16.4 Å². The molecule has 1 aromatic heterocycles. The molecule has 0 radical (unpaired) electrons. The first kappa shape index (κ1) is 14.3. The summed E-state index contributed by atoms with van der Waals surface area (Å²) in [6.45, 7) is 3.96. The maximum atomic E-state index is 11.7. The van der Waals surface area contributed by atoms with Crippen molar-refractivity contribution in [1.82, 2.24) is 15.6 Å². The van der Waals surface area contributed by atoms with Crippen LogP contribution in [0.2, 0.25) is 0 Å². The second-order valence-corrected chi connectivity index (χ2v) is 4.90. The van der Waals surface area contributed by atoms with Crippen molar-refractivity contribution in [2.75, 3.05) is 12.3 Å². The van der Waals surface area contributed by atoms with E-state index in [1.165, 1.54) is 18.0 Å². The van der Waals surface area contributed by atoms with Gasteiger partial charge in [0.2, 0.25) is 5.91 Å². The van der Waals surface area contributed by atoms with Crippen LogP contribution in [-0.4, -0.2) is 28.7 Å². The average Bonchev–Trinajstić information content (AvgIpc) is 2.32. The minimum absolute atomic E-state index is 0.357. The summed E-state index contributed by atoms with van der Waals surface area (Å²) in [4.78, 5) is 26.9. The molecule has 4 N–H and O–H groups in total. The van der Waals surface area contributed by atoms with Crippen LogP contribution >= 0.6 is 11.8 Å². The minimum Gasteiger partial charge on any atom is -0.397 e. The van der Waals surface area contributed by atoms with Crippen LogP contribution in [0.3, 0.4) is 0 Å². The van der Waals surface area contributed by atoms with Crippen molar-refractivity contribution in [2.45, 2.75) is 24.1 Å². The topological polar surface area (TPSA) is 97.1 Å². The van der Waals surface area contributed by atoms with Gasteiger partial charge >= 0.3 is 6.03 Å². The minimum atomic E-state index is -0.486. The normalized spacial score (nSPS) is 11.7. The van der Waals surface area contributed by atoms with E-state index in [2.05, 4.69) is 15.6 Å². The van der Waals surface area contributed by atoms with E-state index in [1.807, 2.05) is 0 Å². The van der Waals surface area contributed by atoms with Crippen LogP contribution in [0.1, 0.15) is 13.8 Å². The van der Waals surface area contributed by atoms with Gasteiger partial charge in [-0.1, -0.05) is 11.8 Å². The third-order valence-corrected chi connectivity index (χ3v) is 3.05. The second-order valence-electron chi connectivity index (χ2n) is 3.54. The summed E-state index contributed by atoms with van der Waals surface area (Å²) in [7, 11) is 0. The highest BCUT2D eigenvalue weighted by Gasteiger charge is 2.17. The molecule has 0 aliphatic rings. The van der Waals surface area contributed by atoms with Crippen molar-refractivity contribution in [1.29, 1.82) is 0 Å². The number of anilines is 1. The molecule has 0 spiro atoms. The molecule has 0 aliphatic carbocycles. The third kappa shape index (κ3) is 4.62. The number of amides is 3. The van der Waals surface area contributed by atoms with Gasteiger partial charge in [-0.15, -0.1) is 0 Å². The van der Waals surface area contributed by atoms with Gasteiger partial charge in [0.15, 0.2) is 0 Å². The number of nitrogens with one attached hydrogen (secondary N) is 2. The lowest BCUT2D eigenvalue weighted by Crippen LogP contribution is -2.42. The second kappa shape index (κ2) is 6.85. The summed E-state index contributed by atoms with van der Waals surface area (Å²) < 4.78 is 0. The van der Waals surface area contributed by atoms with Crippen molar-refractivity contribution in [3.63, 3.8) is 0 Å². The van der Waals surface area contributed by atoms with E-state index >= 15 is 0 Å². The Morgan fingerprint density at radius 2 is 2.22 bits per heavy atom. The van der Waals surface area contributed by atoms with Crippen LogP contribution in [-0.2, 0) is 4.79 Å². The first-order valence-corrected chi connectivity index (χ1v) is 6.37. The summed E-state index contributed by atoms with van der Waals surface area (Å²) >= 11 is 1.26. The molecule has 98 valence electrons. The van der Waals surface area contributed by atoms with E-state index in [0.29, 0.717) is 17.3 Å². The van der Waals surface area contributed by atoms with Crippen LogP contribution in [0, 0.1) is 0 Å². The quantitative estimate of drug-likeness (QED) is 0.707. The highest BCUT2D eigenvalue weighted by atomic mass is 32.2. The van der Waals surface area contributed by atoms with E-state index in [0.717, 1.165) is 0 Å². The largest absolute Gasteiger partial charge is 0.397 e. The molecule has 1 unspecified atom stereocenters. The first-order valence-electron chi connectivity index (χ1n) is 5.49. The molecule has 1 heterocycles. The fourth-order valence-corrected chi connectivity index (χ4v) is 1.90. The van der Waals surface area contributed by atoms with Crippen LogP contribution in [0.4, 0.5) is 10.5 Å². The van der Waals surface area contributed by atoms with E-state index in [9.17, 15) is 9.59 Å². The lowest BCUT2D eigenvalue weighted by atomic mass is 10.4. The lowest BCUT2D eigenvalue weighted by molar-refractivity contribution is -0.119. The summed E-state index contributed by atoms with van der Waals surface area (Å²) in [5.74, 6) is -0.357. The molecule has 0 aromatic carbocycles. The number of rotatable bonds is 4. The number of carbonyl (C=O) groups is 2. The number of nitrogens with two attached hydrogens (primary N) is 1. The van der Waals surface area contributed by atoms with Crippen LogP contribution in [0.15, 0.2) is 23.4 Å². The Morgan fingerprint density at radius 1 is 1.50 bits per heavy atom. The monoisotopic (exact) mass is 268 g/mol. The molecule has 1 atom stereocenters. The summed E-state index contributed by atoms with van der Waals surface area (Å²) in [6, 6.07) is 2.96. The zero-order valence-corrected chi connectivity index (χ0v) is 11.1. The number of urea groups is 1. The van der Waals surface area contributed by atoms with Gasteiger partial charge in [-0.05, 0) is 26.0 Å². The molecule has 6 nitrogen and oxygen atoms in total. The number of pyridine rings is 1. The van der Waals surface area contributed by atoms with Crippen LogP contribution in [0.25, 0.3) is 0 Å². The average molecular weight is 268 g/mol. The van der Waals surface area contributed by atoms with Crippen molar-refractivity contribution >= 4 is 29.4 Å². The molecule has 3 amide bonds. The molecule has 0 saturated heterocycles. The van der Waals surface area contributed by atoms with Gasteiger partial charge in [0.25, 0.3) is 0 Å². The van der Waals surface area contributed by atoms with Gasteiger partial charge in [0, 0.05) is 6.54 Å². The van der Waals surface area contributed by atoms with E-state index in [4.69, 9.17) is 5.73 Å². The molecule has 1 aromatic rings. The van der Waals surface area contributed by atoms with E-state index in [-0.39, 0.29) is 5.91 Å². The smallest absolute Gasteiger partial charge is 0.321 e.